The van der Waals surface area contributed by atoms with E-state index in [9.17, 15) is 18.4 Å². The third-order valence-electron chi connectivity index (χ3n) is 6.08. The van der Waals surface area contributed by atoms with Gasteiger partial charge in [0.1, 0.15) is 29.3 Å². The van der Waals surface area contributed by atoms with Gasteiger partial charge in [0.05, 0.1) is 5.56 Å². The Labute approximate surface area is 215 Å². The molecular formula is C28H20F2N2O4S. The van der Waals surface area contributed by atoms with E-state index in [1.165, 1.54) is 6.07 Å². The summed E-state index contributed by atoms with van der Waals surface area (Å²) < 4.78 is 39.8. The lowest BCUT2D eigenvalue weighted by Gasteiger charge is -2.11. The zero-order valence-corrected chi connectivity index (χ0v) is 20.2. The van der Waals surface area contributed by atoms with Crippen molar-refractivity contribution in [2.75, 3.05) is 6.54 Å². The number of hydrogen-bond donors (Lipinski definition) is 1. The number of nitriles is 1. The molecule has 0 unspecified atom stereocenters. The van der Waals surface area contributed by atoms with E-state index in [1.807, 2.05) is 6.07 Å². The number of halogens is 2. The van der Waals surface area contributed by atoms with Gasteiger partial charge in [0, 0.05) is 15.6 Å². The Morgan fingerprint density at radius 3 is 2.65 bits per heavy atom. The zero-order valence-electron chi connectivity index (χ0n) is 19.4. The van der Waals surface area contributed by atoms with Crippen LogP contribution in [-0.4, -0.2) is 24.5 Å². The van der Waals surface area contributed by atoms with Gasteiger partial charge in [-0.15, -0.1) is 11.3 Å². The number of fused-ring (bicyclic) bond motifs is 1. The van der Waals surface area contributed by atoms with Crippen molar-refractivity contribution in [1.82, 2.24) is 5.32 Å². The SMILES string of the molecule is N#Cc1cc2c(F)c(F)cc(-c3ccc(OCc4cccc(C(=O)OC(=O)[C@@H]5CCCN5)c4)cc3)c2s1. The van der Waals surface area contributed by atoms with E-state index in [4.69, 9.17) is 14.7 Å². The summed E-state index contributed by atoms with van der Waals surface area (Å²) in [6, 6.07) is 17.5. The van der Waals surface area contributed by atoms with E-state index < -0.39 is 29.6 Å². The first kappa shape index (κ1) is 24.6. The van der Waals surface area contributed by atoms with E-state index in [-0.39, 0.29) is 17.6 Å². The summed E-state index contributed by atoms with van der Waals surface area (Å²) >= 11 is 1.11. The number of ether oxygens (including phenoxy) is 2. The van der Waals surface area contributed by atoms with Crippen LogP contribution in [0.2, 0.25) is 0 Å². The minimum absolute atomic E-state index is 0.0801. The summed E-state index contributed by atoms with van der Waals surface area (Å²) in [5.74, 6) is -2.71. The number of rotatable bonds is 6. The number of carbonyl (C=O) groups excluding carboxylic acids is 2. The summed E-state index contributed by atoms with van der Waals surface area (Å²) in [7, 11) is 0. The van der Waals surface area contributed by atoms with Crippen molar-refractivity contribution in [3.8, 4) is 22.9 Å². The molecule has 1 fully saturated rings. The van der Waals surface area contributed by atoms with Gasteiger partial charge >= 0.3 is 11.9 Å². The molecule has 6 nitrogen and oxygen atoms in total. The number of carbonyl (C=O) groups is 2. The Hall–Kier alpha value is -4.13. The molecule has 0 aliphatic carbocycles. The molecule has 3 aromatic carbocycles. The molecule has 1 aliphatic rings. The highest BCUT2D eigenvalue weighted by molar-refractivity contribution is 7.20. The third-order valence-corrected chi connectivity index (χ3v) is 7.15. The molecule has 4 aromatic rings. The van der Waals surface area contributed by atoms with Crippen molar-refractivity contribution in [3.63, 3.8) is 0 Å². The second-order valence-electron chi connectivity index (χ2n) is 8.56. The van der Waals surface area contributed by atoms with Gasteiger partial charge in [0.2, 0.25) is 0 Å². The molecule has 0 bridgehead atoms. The third kappa shape index (κ3) is 5.21. The highest BCUT2D eigenvalue weighted by atomic mass is 32.1. The quantitative estimate of drug-likeness (QED) is 0.259. The molecule has 0 radical (unpaired) electrons. The van der Waals surface area contributed by atoms with Crippen LogP contribution in [0.3, 0.4) is 0 Å². The fourth-order valence-electron chi connectivity index (χ4n) is 4.20. The molecular weight excluding hydrogens is 498 g/mol. The predicted molar refractivity (Wildman–Crippen MR) is 134 cm³/mol. The van der Waals surface area contributed by atoms with Crippen LogP contribution in [0, 0.1) is 23.0 Å². The maximum atomic E-state index is 14.2. The van der Waals surface area contributed by atoms with Crippen molar-refractivity contribution in [2.45, 2.75) is 25.5 Å². The van der Waals surface area contributed by atoms with Crippen LogP contribution in [0.15, 0.2) is 60.7 Å². The lowest BCUT2D eigenvalue weighted by Crippen LogP contribution is -2.33. The van der Waals surface area contributed by atoms with Crippen molar-refractivity contribution in [2.24, 2.45) is 0 Å². The van der Waals surface area contributed by atoms with E-state index >= 15 is 0 Å². The Balaban J connectivity index is 1.27. The molecule has 0 amide bonds. The molecule has 0 saturated carbocycles. The molecule has 186 valence electrons. The predicted octanol–water partition coefficient (Wildman–Crippen LogP) is 5.73. The number of nitrogens with one attached hydrogen (secondary N) is 1. The van der Waals surface area contributed by atoms with Crippen LogP contribution < -0.4 is 10.1 Å². The molecule has 37 heavy (non-hydrogen) atoms. The Bertz CT molecular complexity index is 1540. The average Bonchev–Trinajstić information content (AvgIpc) is 3.61. The summed E-state index contributed by atoms with van der Waals surface area (Å²) in [5, 5.41) is 12.2. The number of thiophene rings is 1. The zero-order chi connectivity index (χ0) is 25.9. The van der Waals surface area contributed by atoms with Crippen LogP contribution in [0.5, 0.6) is 5.75 Å². The van der Waals surface area contributed by atoms with Crippen molar-refractivity contribution >= 4 is 33.4 Å². The molecule has 1 aromatic heterocycles. The van der Waals surface area contributed by atoms with E-state index in [0.29, 0.717) is 38.4 Å². The molecule has 2 heterocycles. The molecule has 5 rings (SSSR count). The van der Waals surface area contributed by atoms with Gasteiger partial charge < -0.3 is 14.8 Å². The van der Waals surface area contributed by atoms with Crippen molar-refractivity contribution < 1.29 is 27.8 Å². The van der Waals surface area contributed by atoms with Gasteiger partial charge in [-0.05, 0) is 66.9 Å². The number of nitrogens with zero attached hydrogens (tertiary/aromatic N) is 1. The first-order valence-electron chi connectivity index (χ1n) is 11.6. The fourth-order valence-corrected chi connectivity index (χ4v) is 5.19. The summed E-state index contributed by atoms with van der Waals surface area (Å²) in [5.41, 5.74) is 2.09. The molecule has 1 saturated heterocycles. The number of hydrogen-bond acceptors (Lipinski definition) is 7. The highest BCUT2D eigenvalue weighted by Crippen LogP contribution is 2.38. The maximum absolute atomic E-state index is 14.2. The van der Waals surface area contributed by atoms with Gasteiger partial charge in [0.25, 0.3) is 0 Å². The molecule has 0 spiro atoms. The standard InChI is InChI=1S/C28H20F2N2O4S/c29-23-13-21(26-22(25(23)30)12-20(14-31)37-26)17-6-8-19(9-7-17)35-15-16-3-1-4-18(11-16)27(33)36-28(34)24-5-2-10-32-24/h1,3-4,6-9,11-13,24,32H,2,5,10,15H2/t24-/m0/s1. The molecule has 1 atom stereocenters. The summed E-state index contributed by atoms with van der Waals surface area (Å²) in [4.78, 5) is 24.8. The molecule has 9 heteroatoms. The Kier molecular flexibility index (Phi) is 6.95. The minimum Gasteiger partial charge on any atom is -0.489 e. The minimum atomic E-state index is -0.982. The first-order chi connectivity index (χ1) is 17.9. The highest BCUT2D eigenvalue weighted by Gasteiger charge is 2.26. The largest absolute Gasteiger partial charge is 0.489 e. The Morgan fingerprint density at radius 2 is 1.92 bits per heavy atom. The Morgan fingerprint density at radius 1 is 1.11 bits per heavy atom. The molecule has 1 N–H and O–H groups in total. The van der Waals surface area contributed by atoms with Crippen LogP contribution in [0.1, 0.15) is 33.6 Å². The fraction of sp³-hybridized carbons (Fsp3) is 0.179. The van der Waals surface area contributed by atoms with E-state index in [1.54, 1.807) is 48.5 Å². The molecule has 1 aliphatic heterocycles. The van der Waals surface area contributed by atoms with Crippen molar-refractivity contribution in [3.05, 3.63) is 88.3 Å². The topological polar surface area (TPSA) is 88.4 Å². The van der Waals surface area contributed by atoms with Crippen LogP contribution >= 0.6 is 11.3 Å². The van der Waals surface area contributed by atoms with E-state index in [0.717, 1.165) is 30.4 Å². The second-order valence-corrected chi connectivity index (χ2v) is 9.61. The lowest BCUT2D eigenvalue weighted by atomic mass is 10.0. The average molecular weight is 519 g/mol. The van der Waals surface area contributed by atoms with Crippen LogP contribution in [0.4, 0.5) is 8.78 Å². The second kappa shape index (κ2) is 10.5. The van der Waals surface area contributed by atoms with Gasteiger partial charge in [-0.2, -0.15) is 5.26 Å². The monoisotopic (exact) mass is 518 g/mol. The summed E-state index contributed by atoms with van der Waals surface area (Å²) in [6.07, 6.45) is 1.51. The van der Waals surface area contributed by atoms with Gasteiger partial charge in [0.15, 0.2) is 11.6 Å². The number of benzene rings is 3. The van der Waals surface area contributed by atoms with Gasteiger partial charge in [-0.3, -0.25) is 0 Å². The van der Waals surface area contributed by atoms with Crippen LogP contribution in [-0.2, 0) is 16.1 Å². The van der Waals surface area contributed by atoms with Crippen molar-refractivity contribution in [1.29, 1.82) is 5.26 Å². The smallest absolute Gasteiger partial charge is 0.345 e. The van der Waals surface area contributed by atoms with Gasteiger partial charge in [-0.25, -0.2) is 18.4 Å². The van der Waals surface area contributed by atoms with Crippen LogP contribution in [0.25, 0.3) is 21.2 Å². The van der Waals surface area contributed by atoms with Gasteiger partial charge in [-0.1, -0.05) is 24.3 Å². The number of esters is 2. The lowest BCUT2D eigenvalue weighted by molar-refractivity contribution is -0.139. The maximum Gasteiger partial charge on any atom is 0.345 e. The summed E-state index contributed by atoms with van der Waals surface area (Å²) in [6.45, 7) is 0.882. The first-order valence-corrected chi connectivity index (χ1v) is 12.4. The van der Waals surface area contributed by atoms with E-state index in [2.05, 4.69) is 5.32 Å². The normalized spacial score (nSPS) is 14.9.